The summed E-state index contributed by atoms with van der Waals surface area (Å²) in [6, 6.07) is -0.212. The van der Waals surface area contributed by atoms with Gasteiger partial charge in [0.1, 0.15) is 11.7 Å². The summed E-state index contributed by atoms with van der Waals surface area (Å²) in [5.74, 6) is 6.54. The van der Waals surface area contributed by atoms with Crippen LogP contribution >= 0.6 is 11.5 Å². The Morgan fingerprint density at radius 2 is 2.24 bits per heavy atom. The van der Waals surface area contributed by atoms with Gasteiger partial charge in [-0.15, -0.1) is 5.10 Å². The topological polar surface area (TPSA) is 90.9 Å². The number of nitrogens with zero attached hydrogens (tertiary/aromatic N) is 4. The molecule has 2 aromatic rings. The third-order valence-electron chi connectivity index (χ3n) is 3.27. The Labute approximate surface area is 128 Å². The fourth-order valence-corrected chi connectivity index (χ4v) is 3.10. The maximum absolute atomic E-state index is 5.81. The van der Waals surface area contributed by atoms with Crippen molar-refractivity contribution in [3.05, 3.63) is 22.5 Å². The van der Waals surface area contributed by atoms with Crippen molar-refractivity contribution in [2.75, 3.05) is 7.11 Å². The molecule has 1 unspecified atom stereocenters. The van der Waals surface area contributed by atoms with Crippen LogP contribution in [0.4, 0.5) is 0 Å². The average Bonchev–Trinajstić information content (AvgIpc) is 3.09. The van der Waals surface area contributed by atoms with E-state index in [0.717, 1.165) is 47.8 Å². The third kappa shape index (κ3) is 3.22. The molecular formula is C13H22N6OS. The monoisotopic (exact) mass is 310 g/mol. The highest BCUT2D eigenvalue weighted by Gasteiger charge is 2.27. The standard InChI is InChI=1S/C13H22N6OS/c1-4-6-9-13(21-18-17-9)11(16-14)12-10(20-3)8-15-19(12)7-5-2/h8,11,16H,4-7,14H2,1-3H3. The first-order valence-electron chi connectivity index (χ1n) is 7.13. The van der Waals surface area contributed by atoms with E-state index in [1.165, 1.54) is 11.5 Å². The second-order valence-electron chi connectivity index (χ2n) is 4.75. The third-order valence-corrected chi connectivity index (χ3v) is 4.11. The Balaban J connectivity index is 2.45. The number of aromatic nitrogens is 4. The maximum atomic E-state index is 5.81. The Morgan fingerprint density at radius 3 is 2.86 bits per heavy atom. The number of aryl methyl sites for hydroxylation is 2. The highest BCUT2D eigenvalue weighted by Crippen LogP contribution is 2.33. The number of nitrogens with two attached hydrogens (primary N) is 1. The number of hydrogen-bond donors (Lipinski definition) is 2. The summed E-state index contributed by atoms with van der Waals surface area (Å²) in [4.78, 5) is 1.02. The normalized spacial score (nSPS) is 12.6. The number of ether oxygens (including phenoxy) is 1. The van der Waals surface area contributed by atoms with Crippen molar-refractivity contribution in [2.45, 2.75) is 45.7 Å². The van der Waals surface area contributed by atoms with E-state index in [9.17, 15) is 0 Å². The summed E-state index contributed by atoms with van der Waals surface area (Å²) < 4.78 is 11.4. The highest BCUT2D eigenvalue weighted by atomic mass is 32.1. The molecule has 0 spiro atoms. The first kappa shape index (κ1) is 15.9. The summed E-state index contributed by atoms with van der Waals surface area (Å²) >= 11 is 1.37. The van der Waals surface area contributed by atoms with Crippen LogP contribution in [0.25, 0.3) is 0 Å². The fourth-order valence-electron chi connectivity index (χ4n) is 2.34. The second-order valence-corrected chi connectivity index (χ2v) is 5.54. The molecule has 2 rings (SSSR count). The molecule has 0 radical (unpaired) electrons. The van der Waals surface area contributed by atoms with Crippen LogP contribution in [-0.4, -0.2) is 26.5 Å². The zero-order chi connectivity index (χ0) is 15.2. The lowest BCUT2D eigenvalue weighted by Crippen LogP contribution is -2.31. The van der Waals surface area contributed by atoms with Crippen molar-refractivity contribution in [3.63, 3.8) is 0 Å². The van der Waals surface area contributed by atoms with E-state index in [0.29, 0.717) is 0 Å². The van der Waals surface area contributed by atoms with E-state index in [2.05, 4.69) is 34.0 Å². The molecule has 0 aliphatic heterocycles. The molecule has 2 heterocycles. The number of rotatable bonds is 8. The van der Waals surface area contributed by atoms with Gasteiger partial charge in [-0.25, -0.2) is 5.43 Å². The largest absolute Gasteiger partial charge is 0.493 e. The first-order valence-corrected chi connectivity index (χ1v) is 7.91. The average molecular weight is 310 g/mol. The van der Waals surface area contributed by atoms with Gasteiger partial charge in [-0.1, -0.05) is 24.8 Å². The van der Waals surface area contributed by atoms with E-state index >= 15 is 0 Å². The molecule has 0 saturated heterocycles. The minimum Gasteiger partial charge on any atom is -0.493 e. The van der Waals surface area contributed by atoms with Crippen molar-refractivity contribution >= 4 is 11.5 Å². The van der Waals surface area contributed by atoms with Crippen molar-refractivity contribution in [1.82, 2.24) is 24.8 Å². The predicted molar refractivity (Wildman–Crippen MR) is 82.1 cm³/mol. The lowest BCUT2D eigenvalue weighted by atomic mass is 10.1. The smallest absolute Gasteiger partial charge is 0.162 e. The molecule has 0 aliphatic rings. The van der Waals surface area contributed by atoms with Gasteiger partial charge in [-0.05, 0) is 24.4 Å². The van der Waals surface area contributed by atoms with E-state index in [1.807, 2.05) is 4.68 Å². The van der Waals surface area contributed by atoms with Crippen LogP contribution in [0.3, 0.4) is 0 Å². The summed E-state index contributed by atoms with van der Waals surface area (Å²) in [6.45, 7) is 5.04. The molecule has 116 valence electrons. The number of methoxy groups -OCH3 is 1. The predicted octanol–water partition coefficient (Wildman–Crippen LogP) is 1.66. The Kier molecular flexibility index (Phi) is 5.66. The van der Waals surface area contributed by atoms with Crippen LogP contribution < -0.4 is 16.0 Å². The summed E-state index contributed by atoms with van der Waals surface area (Å²) in [5, 5.41) is 8.61. The molecule has 21 heavy (non-hydrogen) atoms. The van der Waals surface area contributed by atoms with Gasteiger partial charge in [-0.2, -0.15) is 5.10 Å². The summed E-state index contributed by atoms with van der Waals surface area (Å²) in [5.41, 5.74) is 4.77. The molecule has 0 fully saturated rings. The van der Waals surface area contributed by atoms with E-state index in [-0.39, 0.29) is 6.04 Å². The van der Waals surface area contributed by atoms with Crippen LogP contribution in [0.5, 0.6) is 5.75 Å². The minimum atomic E-state index is -0.212. The van der Waals surface area contributed by atoms with Crippen molar-refractivity contribution in [2.24, 2.45) is 5.84 Å². The van der Waals surface area contributed by atoms with Gasteiger partial charge in [0.2, 0.25) is 0 Å². The van der Waals surface area contributed by atoms with Crippen LogP contribution in [0.1, 0.15) is 49.0 Å². The van der Waals surface area contributed by atoms with Crippen LogP contribution in [-0.2, 0) is 13.0 Å². The summed E-state index contributed by atoms with van der Waals surface area (Å²) in [6.07, 6.45) is 4.61. The van der Waals surface area contributed by atoms with E-state index in [4.69, 9.17) is 10.6 Å². The molecular weight excluding hydrogens is 288 g/mol. The van der Waals surface area contributed by atoms with Crippen molar-refractivity contribution in [1.29, 1.82) is 0 Å². The highest BCUT2D eigenvalue weighted by molar-refractivity contribution is 7.05. The Morgan fingerprint density at radius 1 is 1.43 bits per heavy atom. The molecule has 1 atom stereocenters. The first-order chi connectivity index (χ1) is 10.3. The van der Waals surface area contributed by atoms with Crippen LogP contribution in [0, 0.1) is 0 Å². The molecule has 0 bridgehead atoms. The maximum Gasteiger partial charge on any atom is 0.162 e. The number of nitrogens with one attached hydrogen (secondary N) is 1. The van der Waals surface area contributed by atoms with Gasteiger partial charge in [0.15, 0.2) is 5.75 Å². The van der Waals surface area contributed by atoms with Gasteiger partial charge in [0.05, 0.1) is 23.9 Å². The Bertz CT molecular complexity index is 567. The molecule has 8 heteroatoms. The summed E-state index contributed by atoms with van der Waals surface area (Å²) in [7, 11) is 1.64. The van der Waals surface area contributed by atoms with Crippen LogP contribution in [0.15, 0.2) is 6.20 Å². The van der Waals surface area contributed by atoms with Gasteiger partial charge in [0.25, 0.3) is 0 Å². The second kappa shape index (κ2) is 7.48. The molecule has 0 saturated carbocycles. The SMILES string of the molecule is CCCc1nnsc1C(NN)c1c(OC)cnn1CCC. The molecule has 3 N–H and O–H groups in total. The molecule has 0 aliphatic carbocycles. The van der Waals surface area contributed by atoms with Crippen LogP contribution in [0.2, 0.25) is 0 Å². The lowest BCUT2D eigenvalue weighted by Gasteiger charge is -2.18. The molecule has 0 amide bonds. The lowest BCUT2D eigenvalue weighted by molar-refractivity contribution is 0.398. The number of hydrazine groups is 1. The quantitative estimate of drug-likeness (QED) is 0.569. The van der Waals surface area contributed by atoms with Gasteiger partial charge >= 0.3 is 0 Å². The van der Waals surface area contributed by atoms with Gasteiger partial charge in [0, 0.05) is 6.54 Å². The van der Waals surface area contributed by atoms with Gasteiger partial charge < -0.3 is 4.74 Å². The van der Waals surface area contributed by atoms with Crippen molar-refractivity contribution in [3.8, 4) is 5.75 Å². The van der Waals surface area contributed by atoms with E-state index in [1.54, 1.807) is 13.3 Å². The van der Waals surface area contributed by atoms with Gasteiger partial charge in [-0.3, -0.25) is 10.5 Å². The fraction of sp³-hybridized carbons (Fsp3) is 0.615. The van der Waals surface area contributed by atoms with E-state index < -0.39 is 0 Å². The zero-order valence-electron chi connectivity index (χ0n) is 12.7. The molecule has 7 nitrogen and oxygen atoms in total. The van der Waals surface area contributed by atoms with Crippen molar-refractivity contribution < 1.29 is 4.74 Å². The molecule has 0 aromatic carbocycles. The number of hydrogen-bond acceptors (Lipinski definition) is 7. The zero-order valence-corrected chi connectivity index (χ0v) is 13.5. The molecule has 2 aromatic heterocycles. The Hall–Kier alpha value is -1.51. The minimum absolute atomic E-state index is 0.212.